The predicted molar refractivity (Wildman–Crippen MR) is 94.6 cm³/mol. The van der Waals surface area contributed by atoms with E-state index in [4.69, 9.17) is 22.1 Å². The van der Waals surface area contributed by atoms with Gasteiger partial charge in [-0.3, -0.25) is 0 Å². The van der Waals surface area contributed by atoms with Crippen LogP contribution in [0.15, 0.2) is 28.1 Å². The maximum absolute atomic E-state index is 6.25. The van der Waals surface area contributed by atoms with Crippen molar-refractivity contribution in [2.75, 3.05) is 0 Å². The minimum absolute atomic E-state index is 0.0492. The van der Waals surface area contributed by atoms with Crippen LogP contribution in [0, 0.1) is 13.8 Å². The summed E-state index contributed by atoms with van der Waals surface area (Å²) >= 11 is 11.4. The quantitative estimate of drug-likeness (QED) is 0.719. The van der Waals surface area contributed by atoms with Crippen LogP contribution in [-0.4, -0.2) is 6.04 Å². The second kappa shape index (κ2) is 7.14. The summed E-state index contributed by atoms with van der Waals surface area (Å²) in [4.78, 5) is 1.13. The molecule has 0 saturated carbocycles. The molecule has 0 aliphatic heterocycles. The van der Waals surface area contributed by atoms with Gasteiger partial charge >= 0.3 is 0 Å². The zero-order valence-corrected chi connectivity index (χ0v) is 15.5. The normalized spacial score (nSPS) is 14.0. The Hall–Kier alpha value is -0.550. The molecule has 0 aliphatic rings. The van der Waals surface area contributed by atoms with E-state index in [2.05, 4.69) is 28.9 Å². The van der Waals surface area contributed by atoms with E-state index in [0.717, 1.165) is 37.0 Å². The molecule has 0 bridgehead atoms. The van der Waals surface area contributed by atoms with Gasteiger partial charge in [-0.2, -0.15) is 0 Å². The van der Waals surface area contributed by atoms with Crippen LogP contribution < -0.4 is 10.5 Å². The van der Waals surface area contributed by atoms with Gasteiger partial charge < -0.3 is 10.5 Å². The lowest BCUT2D eigenvalue weighted by molar-refractivity contribution is 0.174. The summed E-state index contributed by atoms with van der Waals surface area (Å²) in [5, 5.41) is 0.789. The highest BCUT2D eigenvalue weighted by Crippen LogP contribution is 2.34. The Morgan fingerprint density at radius 3 is 2.38 bits per heavy atom. The van der Waals surface area contributed by atoms with Gasteiger partial charge in [0.2, 0.25) is 0 Å². The summed E-state index contributed by atoms with van der Waals surface area (Å²) in [6.07, 6.45) is 0.706. The molecule has 2 rings (SSSR count). The zero-order valence-electron chi connectivity index (χ0n) is 12.3. The molecule has 2 unspecified atom stereocenters. The van der Waals surface area contributed by atoms with E-state index in [1.165, 1.54) is 0 Å². The summed E-state index contributed by atoms with van der Waals surface area (Å²) in [5.41, 5.74) is 8.29. The number of rotatable bonds is 5. The van der Waals surface area contributed by atoms with E-state index < -0.39 is 0 Å². The summed E-state index contributed by atoms with van der Waals surface area (Å²) < 4.78 is 7.27. The number of hydrogen-bond acceptors (Lipinski definition) is 3. The standard InChI is InChI=1S/C16H19BrClNOS/c1-4-12(19)16(13-5-6-14(17)21-13)20-11-7-9(2)15(18)10(3)8-11/h5-8,12,16H,4,19H2,1-3H3. The van der Waals surface area contributed by atoms with Crippen LogP contribution in [0.4, 0.5) is 0 Å². The summed E-state index contributed by atoms with van der Waals surface area (Å²) in [6, 6.07) is 7.97. The highest BCUT2D eigenvalue weighted by Gasteiger charge is 2.22. The van der Waals surface area contributed by atoms with Crippen molar-refractivity contribution < 1.29 is 4.74 Å². The number of aryl methyl sites for hydroxylation is 2. The average Bonchev–Trinajstić information content (AvgIpc) is 2.87. The van der Waals surface area contributed by atoms with Crippen molar-refractivity contribution >= 4 is 38.9 Å². The van der Waals surface area contributed by atoms with Crippen molar-refractivity contribution in [3.8, 4) is 5.75 Å². The molecule has 2 nitrogen and oxygen atoms in total. The van der Waals surface area contributed by atoms with Crippen LogP contribution in [-0.2, 0) is 0 Å². The van der Waals surface area contributed by atoms with Crippen molar-refractivity contribution in [1.82, 2.24) is 0 Å². The van der Waals surface area contributed by atoms with Crippen LogP contribution in [0.25, 0.3) is 0 Å². The van der Waals surface area contributed by atoms with E-state index >= 15 is 0 Å². The zero-order chi connectivity index (χ0) is 15.6. The first kappa shape index (κ1) is 16.8. The summed E-state index contributed by atoms with van der Waals surface area (Å²) in [6.45, 7) is 6.04. The molecule has 1 aromatic carbocycles. The van der Waals surface area contributed by atoms with Crippen molar-refractivity contribution in [2.45, 2.75) is 39.3 Å². The van der Waals surface area contributed by atoms with E-state index in [-0.39, 0.29) is 12.1 Å². The Labute approximate surface area is 143 Å². The Bertz CT molecular complexity index is 605. The molecule has 0 radical (unpaired) electrons. The van der Waals surface area contributed by atoms with Gasteiger partial charge in [-0.05, 0) is 71.6 Å². The highest BCUT2D eigenvalue weighted by molar-refractivity contribution is 9.11. The Morgan fingerprint density at radius 2 is 1.90 bits per heavy atom. The second-order valence-corrected chi connectivity index (χ2v) is 8.00. The Morgan fingerprint density at radius 1 is 1.29 bits per heavy atom. The van der Waals surface area contributed by atoms with Crippen LogP contribution in [0.2, 0.25) is 5.02 Å². The molecule has 2 N–H and O–H groups in total. The van der Waals surface area contributed by atoms with Gasteiger partial charge in [-0.25, -0.2) is 0 Å². The van der Waals surface area contributed by atoms with Gasteiger partial charge in [0.05, 0.1) is 3.79 Å². The molecule has 0 saturated heterocycles. The van der Waals surface area contributed by atoms with E-state index in [1.807, 2.05) is 32.0 Å². The van der Waals surface area contributed by atoms with Gasteiger partial charge in [-0.15, -0.1) is 11.3 Å². The number of ether oxygens (including phenoxy) is 1. The van der Waals surface area contributed by atoms with E-state index in [0.29, 0.717) is 0 Å². The lowest BCUT2D eigenvalue weighted by Crippen LogP contribution is -2.30. The van der Waals surface area contributed by atoms with Gasteiger partial charge in [0.15, 0.2) is 0 Å². The molecule has 0 aliphatic carbocycles. The molecule has 21 heavy (non-hydrogen) atoms. The Kier molecular flexibility index (Phi) is 5.72. The van der Waals surface area contributed by atoms with Crippen molar-refractivity contribution in [3.05, 3.63) is 49.1 Å². The fourth-order valence-electron chi connectivity index (χ4n) is 2.17. The smallest absolute Gasteiger partial charge is 0.148 e. The lowest BCUT2D eigenvalue weighted by atomic mass is 10.1. The molecule has 0 fully saturated rings. The van der Waals surface area contributed by atoms with Gasteiger partial charge in [0.25, 0.3) is 0 Å². The lowest BCUT2D eigenvalue weighted by Gasteiger charge is -2.24. The molecule has 5 heteroatoms. The molecule has 0 spiro atoms. The fourth-order valence-corrected chi connectivity index (χ4v) is 3.81. The minimum atomic E-state index is -0.147. The summed E-state index contributed by atoms with van der Waals surface area (Å²) in [5.74, 6) is 0.813. The van der Waals surface area contributed by atoms with Crippen LogP contribution in [0.1, 0.15) is 35.5 Å². The van der Waals surface area contributed by atoms with Gasteiger partial charge in [0, 0.05) is 15.9 Å². The molecule has 2 atom stereocenters. The number of hydrogen-bond donors (Lipinski definition) is 1. The van der Waals surface area contributed by atoms with Gasteiger partial charge in [-0.1, -0.05) is 18.5 Å². The average molecular weight is 389 g/mol. The first-order valence-corrected chi connectivity index (χ1v) is 8.85. The molecular weight excluding hydrogens is 370 g/mol. The molecule has 2 aromatic rings. The van der Waals surface area contributed by atoms with Crippen LogP contribution in [0.3, 0.4) is 0 Å². The van der Waals surface area contributed by atoms with Crippen LogP contribution >= 0.6 is 38.9 Å². The second-order valence-electron chi connectivity index (χ2n) is 5.12. The van der Waals surface area contributed by atoms with Crippen molar-refractivity contribution in [1.29, 1.82) is 0 Å². The largest absolute Gasteiger partial charge is 0.483 e. The Balaban J connectivity index is 2.31. The summed E-state index contributed by atoms with van der Waals surface area (Å²) in [7, 11) is 0. The molecular formula is C16H19BrClNOS. The third-order valence-corrected chi connectivity index (χ3v) is 5.69. The number of nitrogens with two attached hydrogens (primary N) is 1. The fraction of sp³-hybridized carbons (Fsp3) is 0.375. The third kappa shape index (κ3) is 4.01. The number of thiophene rings is 1. The number of halogens is 2. The highest BCUT2D eigenvalue weighted by atomic mass is 79.9. The maximum Gasteiger partial charge on any atom is 0.148 e. The minimum Gasteiger partial charge on any atom is -0.483 e. The topological polar surface area (TPSA) is 35.2 Å². The van der Waals surface area contributed by atoms with Crippen LogP contribution in [0.5, 0.6) is 5.75 Å². The molecule has 1 heterocycles. The molecule has 0 amide bonds. The SMILES string of the molecule is CCC(N)C(Oc1cc(C)c(Cl)c(C)c1)c1ccc(Br)s1. The van der Waals surface area contributed by atoms with Gasteiger partial charge in [0.1, 0.15) is 11.9 Å². The number of benzene rings is 1. The van der Waals surface area contributed by atoms with Crippen molar-refractivity contribution in [3.63, 3.8) is 0 Å². The maximum atomic E-state index is 6.25. The van der Waals surface area contributed by atoms with Crippen molar-refractivity contribution in [2.24, 2.45) is 5.73 Å². The first-order chi connectivity index (χ1) is 9.92. The third-order valence-electron chi connectivity index (χ3n) is 3.41. The first-order valence-electron chi connectivity index (χ1n) is 6.86. The van der Waals surface area contributed by atoms with E-state index in [9.17, 15) is 0 Å². The molecule has 1 aromatic heterocycles. The monoisotopic (exact) mass is 387 g/mol. The molecule has 114 valence electrons. The predicted octanol–water partition coefficient (Wildman–Crippen LogP) is 5.64. The van der Waals surface area contributed by atoms with E-state index in [1.54, 1.807) is 11.3 Å².